The number of fused-ring (bicyclic) bond motifs is 1. The zero-order valence-corrected chi connectivity index (χ0v) is 36.1. The molecule has 312 valence electrons. The molecule has 1 unspecified atom stereocenters. The molecule has 2 aromatic rings. The van der Waals surface area contributed by atoms with Gasteiger partial charge in [-0.15, -0.1) is 35.3 Å². The van der Waals surface area contributed by atoms with E-state index >= 15 is 0 Å². The van der Waals surface area contributed by atoms with Gasteiger partial charge in [-0.1, -0.05) is 76.3 Å². The number of carbonyl (C=O) groups excluding carboxylic acids is 4. The summed E-state index contributed by atoms with van der Waals surface area (Å²) >= 11 is 4.55. The third-order valence-corrected chi connectivity index (χ3v) is 15.0. The summed E-state index contributed by atoms with van der Waals surface area (Å²) in [7, 11) is 0. The van der Waals surface area contributed by atoms with Crippen molar-refractivity contribution in [2.45, 2.75) is 132 Å². The van der Waals surface area contributed by atoms with Crippen molar-refractivity contribution in [3.8, 4) is 0 Å². The van der Waals surface area contributed by atoms with E-state index in [0.29, 0.717) is 24.4 Å². The number of carboxylic acids is 1. The first-order chi connectivity index (χ1) is 27.4. The van der Waals surface area contributed by atoms with Crippen molar-refractivity contribution in [3.05, 3.63) is 54.4 Å². The predicted molar refractivity (Wildman–Crippen MR) is 228 cm³/mol. The number of hydrazine groups is 1. The second-order valence-electron chi connectivity index (χ2n) is 15.9. The quantitative estimate of drug-likeness (QED) is 0.102. The van der Waals surface area contributed by atoms with E-state index in [9.17, 15) is 29.1 Å². The molecule has 3 aliphatic rings. The van der Waals surface area contributed by atoms with Crippen LogP contribution in [0, 0.1) is 11.8 Å². The van der Waals surface area contributed by atoms with Crippen molar-refractivity contribution in [3.63, 3.8) is 0 Å². The molecule has 1 aromatic heterocycles. The van der Waals surface area contributed by atoms with Crippen LogP contribution in [0.15, 0.2) is 53.7 Å². The Hall–Kier alpha value is -3.27. The van der Waals surface area contributed by atoms with Crippen LogP contribution in [-0.4, -0.2) is 96.9 Å². The monoisotopic (exact) mass is 841 g/mol. The number of rotatable bonds is 19. The number of thioether (sulfide) groups is 3. The molecular formula is C42H59N5O7S3. The Morgan fingerprint density at radius 2 is 1.74 bits per heavy atom. The van der Waals surface area contributed by atoms with Gasteiger partial charge in [-0.25, -0.2) is 15.0 Å². The highest BCUT2D eigenvalue weighted by atomic mass is 32.2. The fraction of sp³-hybridized carbons (Fsp3) is 0.619. The fourth-order valence-electron chi connectivity index (χ4n) is 7.76. The van der Waals surface area contributed by atoms with Gasteiger partial charge in [-0.05, 0) is 74.5 Å². The van der Waals surface area contributed by atoms with E-state index in [2.05, 4.69) is 15.7 Å². The normalized spacial score (nSPS) is 18.7. The Balaban J connectivity index is 1.55. The topological polar surface area (TPSA) is 158 Å². The predicted octanol–water partition coefficient (Wildman–Crippen LogP) is 6.72. The fourth-order valence-corrected chi connectivity index (χ4v) is 11.9. The zero-order chi connectivity index (χ0) is 41.0. The number of nitrogens with zero attached hydrogens (tertiary/aromatic N) is 3. The second-order valence-corrected chi connectivity index (χ2v) is 19.8. The van der Waals surface area contributed by atoms with Gasteiger partial charge in [0.2, 0.25) is 17.7 Å². The van der Waals surface area contributed by atoms with Crippen molar-refractivity contribution in [2.75, 3.05) is 28.7 Å². The molecule has 3 heterocycles. The van der Waals surface area contributed by atoms with Crippen molar-refractivity contribution < 1.29 is 33.8 Å². The van der Waals surface area contributed by atoms with E-state index in [-0.39, 0.29) is 61.4 Å². The molecule has 3 N–H and O–H groups in total. The number of amides is 3. The molecule has 15 heteroatoms. The number of hydrogen-bond acceptors (Lipinski definition) is 11. The number of ether oxygens (including phenoxy) is 1. The van der Waals surface area contributed by atoms with Crippen molar-refractivity contribution in [1.29, 1.82) is 0 Å². The molecule has 3 amide bonds. The minimum atomic E-state index is -1.17. The first kappa shape index (κ1) is 44.8. The Morgan fingerprint density at radius 3 is 2.40 bits per heavy atom. The second kappa shape index (κ2) is 21.7. The average Bonchev–Trinajstić information content (AvgIpc) is 3.19. The smallest absolute Gasteiger partial charge is 0.334 e. The number of anilines is 1. The van der Waals surface area contributed by atoms with Crippen molar-refractivity contribution in [2.24, 2.45) is 11.8 Å². The standard InChI is InChI=1S/C42H59N5O7S3/c1-28(2)23-32(40(51)52)44-39(50)33(24-30-13-7-5-8-14-30)47(37(48)17-11-20-46-34-26-43-19-18-35(34)55-27-38(46)49)45-36(25-31-15-9-6-10-16-31)42(41(53)54-29(3)4)56-21-12-22-57-42/h5,7-8,13-14,18-19,26,28-29,31-33,36,45H,6,9-12,15-17,20-25,27H2,1-4H3,(H,44,50)(H,51,52)/t32-,33-,36?/m0/s1. The van der Waals surface area contributed by atoms with Crippen LogP contribution in [0.25, 0.3) is 0 Å². The van der Waals surface area contributed by atoms with E-state index in [1.165, 1.54) is 16.8 Å². The molecule has 1 aliphatic carbocycles. The molecule has 0 bridgehead atoms. The molecule has 12 nitrogen and oxygen atoms in total. The Bertz CT molecular complexity index is 1670. The molecule has 1 saturated carbocycles. The lowest BCUT2D eigenvalue weighted by atomic mass is 9.84. The highest BCUT2D eigenvalue weighted by Gasteiger charge is 2.52. The third kappa shape index (κ3) is 12.4. The lowest BCUT2D eigenvalue weighted by Crippen LogP contribution is -2.65. The first-order valence-corrected chi connectivity index (χ1v) is 23.3. The van der Waals surface area contributed by atoms with Gasteiger partial charge in [0.15, 0.2) is 4.08 Å². The minimum Gasteiger partial charge on any atom is -0.480 e. The van der Waals surface area contributed by atoms with Gasteiger partial charge < -0.3 is 20.1 Å². The molecular weight excluding hydrogens is 783 g/mol. The van der Waals surface area contributed by atoms with E-state index in [1.54, 1.807) is 40.8 Å². The average molecular weight is 842 g/mol. The van der Waals surface area contributed by atoms with Gasteiger partial charge in [-0.3, -0.25) is 24.4 Å². The maximum Gasteiger partial charge on any atom is 0.334 e. The molecule has 57 heavy (non-hydrogen) atoms. The number of nitrogens with one attached hydrogen (secondary N) is 2. The molecule has 1 aromatic carbocycles. The summed E-state index contributed by atoms with van der Waals surface area (Å²) in [4.78, 5) is 76.3. The number of aliphatic carboxylic acids is 1. The number of hydrogen-bond donors (Lipinski definition) is 3. The maximum atomic E-state index is 14.9. The summed E-state index contributed by atoms with van der Waals surface area (Å²) in [5.74, 6) is -0.537. The zero-order valence-electron chi connectivity index (χ0n) is 33.7. The van der Waals surface area contributed by atoms with Gasteiger partial charge in [0.25, 0.3) is 0 Å². The summed E-state index contributed by atoms with van der Waals surface area (Å²) in [6, 6.07) is 8.30. The largest absolute Gasteiger partial charge is 0.480 e. The molecule has 1 saturated heterocycles. The van der Waals surface area contributed by atoms with Crippen LogP contribution in [0.1, 0.15) is 97.5 Å². The Labute approximate surface area is 350 Å². The van der Waals surface area contributed by atoms with Crippen LogP contribution in [0.3, 0.4) is 0 Å². The van der Waals surface area contributed by atoms with Crippen LogP contribution in [-0.2, 0) is 35.1 Å². The summed E-state index contributed by atoms with van der Waals surface area (Å²) in [5, 5.41) is 14.4. The van der Waals surface area contributed by atoms with Crippen LogP contribution in [0.2, 0.25) is 0 Å². The number of benzene rings is 1. The molecule has 2 fully saturated rings. The number of esters is 1. The number of carbonyl (C=O) groups is 5. The van der Waals surface area contributed by atoms with E-state index in [0.717, 1.165) is 60.5 Å². The molecule has 2 aliphatic heterocycles. The van der Waals surface area contributed by atoms with E-state index in [4.69, 9.17) is 4.74 Å². The number of carboxylic acid groups (broad SMARTS) is 1. The maximum absolute atomic E-state index is 14.9. The van der Waals surface area contributed by atoms with Gasteiger partial charge in [0, 0.05) is 30.5 Å². The van der Waals surface area contributed by atoms with Crippen molar-refractivity contribution >= 4 is 70.6 Å². The van der Waals surface area contributed by atoms with Crippen molar-refractivity contribution in [1.82, 2.24) is 20.7 Å². The Kier molecular flexibility index (Phi) is 17.0. The summed E-state index contributed by atoms with van der Waals surface area (Å²) in [6.07, 6.45) is 10.4. The molecule has 0 spiro atoms. The summed E-state index contributed by atoms with van der Waals surface area (Å²) in [5.41, 5.74) is 5.05. The van der Waals surface area contributed by atoms with Gasteiger partial charge in [0.05, 0.1) is 29.8 Å². The summed E-state index contributed by atoms with van der Waals surface area (Å²) < 4.78 is 4.89. The highest BCUT2D eigenvalue weighted by Crippen LogP contribution is 2.48. The van der Waals surface area contributed by atoms with Gasteiger partial charge in [0.1, 0.15) is 12.1 Å². The first-order valence-electron chi connectivity index (χ1n) is 20.4. The summed E-state index contributed by atoms with van der Waals surface area (Å²) in [6.45, 7) is 7.72. The lowest BCUT2D eigenvalue weighted by Gasteiger charge is -2.45. The van der Waals surface area contributed by atoms with Crippen LogP contribution < -0.4 is 15.6 Å². The van der Waals surface area contributed by atoms with Gasteiger partial charge >= 0.3 is 11.9 Å². The third-order valence-electron chi connectivity index (χ3n) is 10.5. The van der Waals surface area contributed by atoms with Crippen LogP contribution >= 0.6 is 35.3 Å². The molecule has 0 radical (unpaired) electrons. The van der Waals surface area contributed by atoms with Crippen LogP contribution in [0.4, 0.5) is 5.69 Å². The highest BCUT2D eigenvalue weighted by molar-refractivity contribution is 8.20. The molecule has 3 atom stereocenters. The molecule has 5 rings (SSSR count). The van der Waals surface area contributed by atoms with Gasteiger partial charge in [-0.2, -0.15) is 0 Å². The van der Waals surface area contributed by atoms with Crippen LogP contribution in [0.5, 0.6) is 0 Å². The number of aromatic nitrogens is 1. The Morgan fingerprint density at radius 1 is 1.02 bits per heavy atom. The SMILES string of the molecule is CC(C)C[C@H](NC(=O)[C@H](Cc1ccccc1)N(NC(CC1CCCCC1)C1(C(=O)OC(C)C)SCCCS1)C(=O)CCCN1C(=O)CSc2ccncc21)C(=O)O. The van der Waals surface area contributed by atoms with E-state index < -0.39 is 34.1 Å². The van der Waals surface area contributed by atoms with E-state index in [1.807, 2.05) is 64.1 Å². The lowest BCUT2D eigenvalue weighted by molar-refractivity contribution is -0.152. The number of pyridine rings is 1. The minimum absolute atomic E-state index is 0.0156.